The van der Waals surface area contributed by atoms with Crippen molar-refractivity contribution in [3.05, 3.63) is 56.2 Å². The minimum Gasteiger partial charge on any atom is -0.312 e. The van der Waals surface area contributed by atoms with Crippen molar-refractivity contribution in [3.8, 4) is 0 Å². The number of thiophene rings is 1. The molecule has 1 aromatic carbocycles. The third-order valence-corrected chi connectivity index (χ3v) is 4.87. The molecule has 0 aliphatic carbocycles. The Morgan fingerprint density at radius 1 is 1.28 bits per heavy atom. The van der Waals surface area contributed by atoms with Gasteiger partial charge in [-0.2, -0.15) is 0 Å². The standard InChI is InChI=1S/C14H12ClNOS/c15-12-10-6-7-16-8-11(10)18-14(12)13(17)9-4-2-1-3-5-9/h1-5,16H,6-8H2. The molecule has 1 aliphatic rings. The van der Waals surface area contributed by atoms with Crippen molar-refractivity contribution in [1.29, 1.82) is 0 Å². The van der Waals surface area contributed by atoms with Crippen molar-refractivity contribution in [2.75, 3.05) is 6.54 Å². The summed E-state index contributed by atoms with van der Waals surface area (Å²) < 4.78 is 0. The van der Waals surface area contributed by atoms with Crippen LogP contribution < -0.4 is 5.32 Å². The molecule has 0 amide bonds. The molecular formula is C14H12ClNOS. The molecule has 1 aromatic heterocycles. The summed E-state index contributed by atoms with van der Waals surface area (Å²) in [5, 5.41) is 3.96. The Hall–Kier alpha value is -1.16. The van der Waals surface area contributed by atoms with Crippen molar-refractivity contribution >= 4 is 28.7 Å². The van der Waals surface area contributed by atoms with Crippen LogP contribution in [0.3, 0.4) is 0 Å². The van der Waals surface area contributed by atoms with Gasteiger partial charge in [0.1, 0.15) is 0 Å². The second kappa shape index (κ2) is 4.84. The first-order valence-corrected chi connectivity index (χ1v) is 7.07. The second-order valence-electron chi connectivity index (χ2n) is 4.27. The van der Waals surface area contributed by atoms with Gasteiger partial charge >= 0.3 is 0 Å². The highest BCUT2D eigenvalue weighted by atomic mass is 35.5. The minimum atomic E-state index is 0.0278. The van der Waals surface area contributed by atoms with Gasteiger partial charge in [0.15, 0.2) is 0 Å². The number of halogens is 1. The number of carbonyl (C=O) groups excluding carboxylic acids is 1. The predicted molar refractivity (Wildman–Crippen MR) is 74.6 cm³/mol. The number of ketones is 1. The summed E-state index contributed by atoms with van der Waals surface area (Å²) in [4.78, 5) is 14.3. The lowest BCUT2D eigenvalue weighted by atomic mass is 10.1. The van der Waals surface area contributed by atoms with Gasteiger partial charge < -0.3 is 5.32 Å². The Morgan fingerprint density at radius 3 is 2.78 bits per heavy atom. The largest absolute Gasteiger partial charge is 0.312 e. The zero-order chi connectivity index (χ0) is 12.5. The summed E-state index contributed by atoms with van der Waals surface area (Å²) in [5.74, 6) is 0.0278. The number of fused-ring (bicyclic) bond motifs is 1. The number of hydrogen-bond acceptors (Lipinski definition) is 3. The first kappa shape index (κ1) is 11.9. The van der Waals surface area contributed by atoms with E-state index in [0.29, 0.717) is 15.5 Å². The van der Waals surface area contributed by atoms with Crippen LogP contribution in [0.1, 0.15) is 25.7 Å². The number of nitrogens with one attached hydrogen (secondary N) is 1. The zero-order valence-corrected chi connectivity index (χ0v) is 11.3. The van der Waals surface area contributed by atoms with E-state index in [1.807, 2.05) is 30.3 Å². The molecule has 0 spiro atoms. The Bertz CT molecular complexity index is 591. The maximum atomic E-state index is 12.4. The molecule has 3 rings (SSSR count). The number of carbonyl (C=O) groups is 1. The molecule has 2 heterocycles. The summed E-state index contributed by atoms with van der Waals surface area (Å²) in [6.45, 7) is 1.75. The van der Waals surface area contributed by atoms with E-state index in [-0.39, 0.29) is 5.78 Å². The van der Waals surface area contributed by atoms with Crippen molar-refractivity contribution in [1.82, 2.24) is 5.32 Å². The monoisotopic (exact) mass is 277 g/mol. The molecule has 0 fully saturated rings. The molecule has 0 saturated heterocycles. The van der Waals surface area contributed by atoms with Crippen LogP contribution in [0, 0.1) is 0 Å². The van der Waals surface area contributed by atoms with Crippen molar-refractivity contribution in [3.63, 3.8) is 0 Å². The molecule has 18 heavy (non-hydrogen) atoms. The third-order valence-electron chi connectivity index (χ3n) is 3.11. The Labute approximate surface area is 115 Å². The summed E-state index contributed by atoms with van der Waals surface area (Å²) in [7, 11) is 0. The minimum absolute atomic E-state index is 0.0278. The summed E-state index contributed by atoms with van der Waals surface area (Å²) in [5.41, 5.74) is 1.85. The summed E-state index contributed by atoms with van der Waals surface area (Å²) >= 11 is 7.87. The lowest BCUT2D eigenvalue weighted by molar-refractivity contribution is 0.104. The van der Waals surface area contributed by atoms with E-state index in [2.05, 4.69) is 5.32 Å². The van der Waals surface area contributed by atoms with Crippen LogP contribution in [-0.4, -0.2) is 12.3 Å². The van der Waals surface area contributed by atoms with E-state index < -0.39 is 0 Å². The Balaban J connectivity index is 2.03. The van der Waals surface area contributed by atoms with E-state index in [4.69, 9.17) is 11.6 Å². The molecule has 2 nitrogen and oxygen atoms in total. The summed E-state index contributed by atoms with van der Waals surface area (Å²) in [6, 6.07) is 9.30. The SMILES string of the molecule is O=C(c1ccccc1)c1sc2c(c1Cl)CCNC2. The van der Waals surface area contributed by atoms with Crippen molar-refractivity contribution < 1.29 is 4.79 Å². The predicted octanol–water partition coefficient (Wildman–Crippen LogP) is 3.28. The fourth-order valence-corrected chi connectivity index (χ4v) is 3.80. The van der Waals surface area contributed by atoms with Crippen LogP contribution in [0.25, 0.3) is 0 Å². The highest BCUT2D eigenvalue weighted by molar-refractivity contribution is 7.15. The lowest BCUT2D eigenvalue weighted by Gasteiger charge is -2.11. The first-order valence-electron chi connectivity index (χ1n) is 5.88. The third kappa shape index (κ3) is 1.99. The number of hydrogen-bond donors (Lipinski definition) is 1. The van der Waals surface area contributed by atoms with Crippen LogP contribution >= 0.6 is 22.9 Å². The van der Waals surface area contributed by atoms with Gasteiger partial charge in [0.2, 0.25) is 5.78 Å². The summed E-state index contributed by atoms with van der Waals surface area (Å²) in [6.07, 6.45) is 0.909. The Morgan fingerprint density at radius 2 is 2.06 bits per heavy atom. The van der Waals surface area contributed by atoms with Gasteiger partial charge in [-0.1, -0.05) is 41.9 Å². The van der Waals surface area contributed by atoms with E-state index >= 15 is 0 Å². The van der Waals surface area contributed by atoms with Crippen LogP contribution in [0.4, 0.5) is 0 Å². The second-order valence-corrected chi connectivity index (χ2v) is 5.75. The highest BCUT2D eigenvalue weighted by Crippen LogP contribution is 2.36. The van der Waals surface area contributed by atoms with Crippen LogP contribution in [0.15, 0.2) is 30.3 Å². The molecule has 0 saturated carbocycles. The molecule has 0 atom stereocenters. The topological polar surface area (TPSA) is 29.1 Å². The van der Waals surface area contributed by atoms with E-state index in [9.17, 15) is 4.79 Å². The molecule has 1 aliphatic heterocycles. The van der Waals surface area contributed by atoms with Gasteiger partial charge in [-0.15, -0.1) is 11.3 Å². The average Bonchev–Trinajstić information content (AvgIpc) is 2.77. The normalized spacial score (nSPS) is 14.3. The molecule has 92 valence electrons. The Kier molecular flexibility index (Phi) is 3.20. The fraction of sp³-hybridized carbons (Fsp3) is 0.214. The van der Waals surface area contributed by atoms with Gasteiger partial charge in [0, 0.05) is 17.0 Å². The van der Waals surface area contributed by atoms with Crippen molar-refractivity contribution in [2.24, 2.45) is 0 Å². The molecular weight excluding hydrogens is 266 g/mol. The van der Waals surface area contributed by atoms with E-state index in [1.54, 1.807) is 0 Å². The van der Waals surface area contributed by atoms with Crippen molar-refractivity contribution in [2.45, 2.75) is 13.0 Å². The fourth-order valence-electron chi connectivity index (χ4n) is 2.16. The van der Waals surface area contributed by atoms with Gasteiger partial charge in [0.05, 0.1) is 9.90 Å². The van der Waals surface area contributed by atoms with Crippen LogP contribution in [-0.2, 0) is 13.0 Å². The zero-order valence-electron chi connectivity index (χ0n) is 9.70. The molecule has 1 N–H and O–H groups in total. The molecule has 4 heteroatoms. The van der Waals surface area contributed by atoms with Gasteiger partial charge in [0.25, 0.3) is 0 Å². The average molecular weight is 278 g/mol. The van der Waals surface area contributed by atoms with E-state index in [0.717, 1.165) is 25.1 Å². The van der Waals surface area contributed by atoms with Gasteiger partial charge in [-0.3, -0.25) is 4.79 Å². The number of benzene rings is 1. The molecule has 0 unspecified atom stereocenters. The highest BCUT2D eigenvalue weighted by Gasteiger charge is 2.23. The van der Waals surface area contributed by atoms with Gasteiger partial charge in [-0.05, 0) is 18.5 Å². The maximum absolute atomic E-state index is 12.4. The number of rotatable bonds is 2. The van der Waals surface area contributed by atoms with Gasteiger partial charge in [-0.25, -0.2) is 0 Å². The smallest absolute Gasteiger partial charge is 0.204 e. The van der Waals surface area contributed by atoms with Crippen LogP contribution in [0.2, 0.25) is 5.02 Å². The molecule has 0 bridgehead atoms. The van der Waals surface area contributed by atoms with Crippen LogP contribution in [0.5, 0.6) is 0 Å². The lowest BCUT2D eigenvalue weighted by Crippen LogP contribution is -2.21. The molecule has 2 aromatic rings. The molecule has 0 radical (unpaired) electrons. The maximum Gasteiger partial charge on any atom is 0.204 e. The van der Waals surface area contributed by atoms with E-state index in [1.165, 1.54) is 16.2 Å². The quantitative estimate of drug-likeness (QED) is 0.854. The first-order chi connectivity index (χ1) is 8.77.